The molecule has 0 bridgehead atoms. The van der Waals surface area contributed by atoms with Gasteiger partial charge in [-0.2, -0.15) is 0 Å². The number of amides is 1. The summed E-state index contributed by atoms with van der Waals surface area (Å²) in [6, 6.07) is 11.4. The van der Waals surface area contributed by atoms with Gasteiger partial charge in [0.25, 0.3) is 5.91 Å². The van der Waals surface area contributed by atoms with Crippen molar-refractivity contribution in [3.8, 4) is 17.2 Å². The Balaban J connectivity index is 1.90. The summed E-state index contributed by atoms with van der Waals surface area (Å²) in [5.74, 6) is 0.135. The van der Waals surface area contributed by atoms with Crippen molar-refractivity contribution in [3.63, 3.8) is 0 Å². The lowest BCUT2D eigenvalue weighted by atomic mass is 10.1. The SMILES string of the molecule is COC(=O)c1cc(OCC(=O)Nc2ccc(Cl)cc2)c2cc(OC)c(OC)cc2n1. The van der Waals surface area contributed by atoms with E-state index in [4.69, 9.17) is 30.5 Å². The highest BCUT2D eigenvalue weighted by Crippen LogP contribution is 2.36. The molecule has 0 fully saturated rings. The number of rotatable bonds is 7. The van der Waals surface area contributed by atoms with Crippen LogP contribution in [0.2, 0.25) is 5.02 Å². The predicted octanol–water partition coefficient (Wildman–Crippen LogP) is 3.71. The Morgan fingerprint density at radius 3 is 2.27 bits per heavy atom. The third kappa shape index (κ3) is 4.72. The number of pyridine rings is 1. The molecule has 156 valence electrons. The number of benzene rings is 2. The molecule has 30 heavy (non-hydrogen) atoms. The maximum atomic E-state index is 12.3. The molecule has 1 amide bonds. The van der Waals surface area contributed by atoms with Crippen LogP contribution in [0.25, 0.3) is 10.9 Å². The Kier molecular flexibility index (Phi) is 6.58. The van der Waals surface area contributed by atoms with Crippen molar-refractivity contribution in [1.29, 1.82) is 0 Å². The van der Waals surface area contributed by atoms with E-state index in [-0.39, 0.29) is 24.0 Å². The van der Waals surface area contributed by atoms with E-state index in [0.29, 0.717) is 33.1 Å². The molecule has 0 saturated carbocycles. The summed E-state index contributed by atoms with van der Waals surface area (Å²) in [4.78, 5) is 28.6. The van der Waals surface area contributed by atoms with Gasteiger partial charge >= 0.3 is 5.97 Å². The maximum Gasteiger partial charge on any atom is 0.356 e. The Labute approximate surface area is 177 Å². The van der Waals surface area contributed by atoms with Crippen LogP contribution in [-0.2, 0) is 9.53 Å². The van der Waals surface area contributed by atoms with Crippen LogP contribution in [0, 0.1) is 0 Å². The van der Waals surface area contributed by atoms with Crippen LogP contribution in [0.5, 0.6) is 17.2 Å². The van der Waals surface area contributed by atoms with E-state index in [0.717, 1.165) is 0 Å². The van der Waals surface area contributed by atoms with E-state index in [1.807, 2.05) is 0 Å². The zero-order valence-electron chi connectivity index (χ0n) is 16.5. The van der Waals surface area contributed by atoms with Gasteiger partial charge in [-0.25, -0.2) is 9.78 Å². The van der Waals surface area contributed by atoms with E-state index in [1.165, 1.54) is 27.4 Å². The van der Waals surface area contributed by atoms with E-state index in [2.05, 4.69) is 10.3 Å². The molecule has 1 heterocycles. The number of methoxy groups -OCH3 is 3. The van der Waals surface area contributed by atoms with Gasteiger partial charge in [0.1, 0.15) is 5.75 Å². The fourth-order valence-corrected chi connectivity index (χ4v) is 2.85. The van der Waals surface area contributed by atoms with Crippen molar-refractivity contribution in [3.05, 3.63) is 53.2 Å². The average Bonchev–Trinajstić information content (AvgIpc) is 2.77. The van der Waals surface area contributed by atoms with E-state index >= 15 is 0 Å². The smallest absolute Gasteiger partial charge is 0.356 e. The number of fused-ring (bicyclic) bond motifs is 1. The first-order chi connectivity index (χ1) is 14.4. The summed E-state index contributed by atoms with van der Waals surface area (Å²) in [6.45, 7) is -0.295. The lowest BCUT2D eigenvalue weighted by molar-refractivity contribution is -0.118. The van der Waals surface area contributed by atoms with Gasteiger partial charge < -0.3 is 24.3 Å². The van der Waals surface area contributed by atoms with Crippen molar-refractivity contribution in [2.75, 3.05) is 33.3 Å². The Bertz CT molecular complexity index is 1090. The normalized spacial score (nSPS) is 10.4. The largest absolute Gasteiger partial charge is 0.493 e. The number of ether oxygens (including phenoxy) is 4. The van der Waals surface area contributed by atoms with Crippen LogP contribution < -0.4 is 19.5 Å². The minimum absolute atomic E-state index is 0.0327. The maximum absolute atomic E-state index is 12.3. The molecule has 0 saturated heterocycles. The van der Waals surface area contributed by atoms with Gasteiger partial charge in [-0.15, -0.1) is 0 Å². The van der Waals surface area contributed by atoms with Crippen LogP contribution >= 0.6 is 11.6 Å². The van der Waals surface area contributed by atoms with E-state index in [9.17, 15) is 9.59 Å². The number of nitrogens with one attached hydrogen (secondary N) is 1. The van der Waals surface area contributed by atoms with Gasteiger partial charge in [-0.3, -0.25) is 4.79 Å². The molecule has 0 unspecified atom stereocenters. The number of anilines is 1. The number of halogens is 1. The molecule has 0 aliphatic carbocycles. The summed E-state index contributed by atoms with van der Waals surface area (Å²) in [5.41, 5.74) is 1.03. The summed E-state index contributed by atoms with van der Waals surface area (Å²) in [6.07, 6.45) is 0. The van der Waals surface area contributed by atoms with Crippen LogP contribution in [0.15, 0.2) is 42.5 Å². The molecule has 1 aromatic heterocycles. The van der Waals surface area contributed by atoms with E-state index in [1.54, 1.807) is 36.4 Å². The highest BCUT2D eigenvalue weighted by atomic mass is 35.5. The van der Waals surface area contributed by atoms with Crippen LogP contribution in [0.4, 0.5) is 5.69 Å². The average molecular weight is 431 g/mol. The first-order valence-electron chi connectivity index (χ1n) is 8.78. The molecule has 3 aromatic rings. The highest BCUT2D eigenvalue weighted by molar-refractivity contribution is 6.30. The summed E-state index contributed by atoms with van der Waals surface area (Å²) in [7, 11) is 4.25. The van der Waals surface area contributed by atoms with Crippen LogP contribution in [-0.4, -0.2) is 44.8 Å². The van der Waals surface area contributed by atoms with Gasteiger partial charge in [0, 0.05) is 28.2 Å². The monoisotopic (exact) mass is 430 g/mol. The van der Waals surface area contributed by atoms with Crippen molar-refractivity contribution in [2.24, 2.45) is 0 Å². The van der Waals surface area contributed by atoms with Crippen LogP contribution in [0.3, 0.4) is 0 Å². The second kappa shape index (κ2) is 9.32. The minimum atomic E-state index is -0.637. The van der Waals surface area contributed by atoms with Crippen molar-refractivity contribution < 1.29 is 28.5 Å². The second-order valence-corrected chi connectivity index (χ2v) is 6.50. The lowest BCUT2D eigenvalue weighted by Crippen LogP contribution is -2.20. The molecular weight excluding hydrogens is 412 g/mol. The number of aromatic nitrogens is 1. The summed E-state index contributed by atoms with van der Waals surface area (Å²) in [5, 5.41) is 3.81. The standard InChI is InChI=1S/C21H19ClN2O6/c1-27-18-8-14-15(9-19(18)28-2)24-16(21(26)29-3)10-17(14)30-11-20(25)23-13-6-4-12(22)5-7-13/h4-10H,11H2,1-3H3,(H,23,25). The third-order valence-electron chi connectivity index (χ3n) is 4.16. The molecular formula is C21H19ClN2O6. The topological polar surface area (TPSA) is 96.0 Å². The van der Waals surface area contributed by atoms with Gasteiger partial charge in [0.15, 0.2) is 23.8 Å². The number of esters is 1. The van der Waals surface area contributed by atoms with Gasteiger partial charge in [-0.05, 0) is 30.3 Å². The van der Waals surface area contributed by atoms with Crippen LogP contribution in [0.1, 0.15) is 10.5 Å². The first kappa shape index (κ1) is 21.2. The molecule has 9 heteroatoms. The molecule has 8 nitrogen and oxygen atoms in total. The molecule has 0 radical (unpaired) electrons. The molecule has 0 atom stereocenters. The Hall–Kier alpha value is -3.52. The number of hydrogen-bond acceptors (Lipinski definition) is 7. The zero-order valence-corrected chi connectivity index (χ0v) is 17.3. The summed E-state index contributed by atoms with van der Waals surface area (Å²) >= 11 is 5.84. The predicted molar refractivity (Wildman–Crippen MR) is 112 cm³/mol. The van der Waals surface area contributed by atoms with Gasteiger partial charge in [-0.1, -0.05) is 11.6 Å². The number of carbonyl (C=O) groups is 2. The highest BCUT2D eigenvalue weighted by Gasteiger charge is 2.17. The fourth-order valence-electron chi connectivity index (χ4n) is 2.72. The van der Waals surface area contributed by atoms with Gasteiger partial charge in [0.2, 0.25) is 0 Å². The molecule has 0 spiro atoms. The zero-order chi connectivity index (χ0) is 21.7. The van der Waals surface area contributed by atoms with Gasteiger partial charge in [0.05, 0.1) is 26.8 Å². The van der Waals surface area contributed by atoms with Crippen molar-refractivity contribution in [2.45, 2.75) is 0 Å². The van der Waals surface area contributed by atoms with E-state index < -0.39 is 5.97 Å². The summed E-state index contributed by atoms with van der Waals surface area (Å²) < 4.78 is 21.1. The Morgan fingerprint density at radius 2 is 1.63 bits per heavy atom. The molecule has 2 aromatic carbocycles. The number of nitrogens with zero attached hydrogens (tertiary/aromatic N) is 1. The minimum Gasteiger partial charge on any atom is -0.493 e. The molecule has 1 N–H and O–H groups in total. The fraction of sp³-hybridized carbons (Fsp3) is 0.190. The molecule has 0 aliphatic rings. The molecule has 0 aliphatic heterocycles. The Morgan fingerprint density at radius 1 is 0.967 bits per heavy atom. The first-order valence-corrected chi connectivity index (χ1v) is 9.16. The number of carbonyl (C=O) groups excluding carboxylic acids is 2. The number of hydrogen-bond donors (Lipinski definition) is 1. The van der Waals surface area contributed by atoms with Crippen molar-refractivity contribution in [1.82, 2.24) is 4.98 Å². The lowest BCUT2D eigenvalue weighted by Gasteiger charge is -2.14. The quantitative estimate of drug-likeness (QED) is 0.571. The molecule has 3 rings (SSSR count). The third-order valence-corrected chi connectivity index (χ3v) is 4.41. The van der Waals surface area contributed by atoms with Crippen molar-refractivity contribution >= 4 is 40.1 Å². The second-order valence-electron chi connectivity index (χ2n) is 6.07.